The van der Waals surface area contributed by atoms with Gasteiger partial charge in [-0.2, -0.15) is 5.10 Å². The van der Waals surface area contributed by atoms with Crippen molar-refractivity contribution in [2.75, 3.05) is 17.6 Å². The molecule has 138 valence electrons. The summed E-state index contributed by atoms with van der Waals surface area (Å²) in [5.74, 6) is 1.64. The standard InChI is InChI=1S/C17H22N6OS2/c1-4-25-17-21-14(20-11(2)3)12-10-19-23(15(12)22-17)8-7-18-16(24)13-6-5-9-26-13/h5-6,9-11H,4,7-8H2,1-3H3,(H,18,24)(H,20,21,22). The third-order valence-corrected chi connectivity index (χ3v) is 5.13. The van der Waals surface area contributed by atoms with Crippen LogP contribution in [0.15, 0.2) is 28.9 Å². The highest BCUT2D eigenvalue weighted by Gasteiger charge is 2.14. The molecule has 0 aliphatic heterocycles. The SMILES string of the molecule is CCSc1nc(NC(C)C)c2cnn(CCNC(=O)c3cccs3)c2n1. The molecular weight excluding hydrogens is 368 g/mol. The van der Waals surface area contributed by atoms with Crippen LogP contribution in [0.3, 0.4) is 0 Å². The Morgan fingerprint density at radius 1 is 1.38 bits per heavy atom. The van der Waals surface area contributed by atoms with E-state index in [4.69, 9.17) is 0 Å². The smallest absolute Gasteiger partial charge is 0.261 e. The monoisotopic (exact) mass is 390 g/mol. The third kappa shape index (κ3) is 4.34. The number of fused-ring (bicyclic) bond motifs is 1. The fourth-order valence-corrected chi connectivity index (χ4v) is 3.65. The Morgan fingerprint density at radius 3 is 2.92 bits per heavy atom. The van der Waals surface area contributed by atoms with Crippen molar-refractivity contribution in [3.63, 3.8) is 0 Å². The number of nitrogens with zero attached hydrogens (tertiary/aromatic N) is 4. The van der Waals surface area contributed by atoms with Gasteiger partial charge in [0.15, 0.2) is 10.8 Å². The number of thiophene rings is 1. The van der Waals surface area contributed by atoms with Gasteiger partial charge in [0, 0.05) is 12.6 Å². The molecule has 0 fully saturated rings. The maximum atomic E-state index is 12.0. The van der Waals surface area contributed by atoms with Crippen LogP contribution < -0.4 is 10.6 Å². The van der Waals surface area contributed by atoms with Crippen LogP contribution in [0.25, 0.3) is 11.0 Å². The molecule has 26 heavy (non-hydrogen) atoms. The maximum Gasteiger partial charge on any atom is 0.261 e. The number of carbonyl (C=O) groups is 1. The lowest BCUT2D eigenvalue weighted by molar-refractivity contribution is 0.0956. The van der Waals surface area contributed by atoms with Crippen LogP contribution in [0.5, 0.6) is 0 Å². The normalized spacial score (nSPS) is 11.2. The Bertz CT molecular complexity index is 875. The van der Waals surface area contributed by atoms with Crippen molar-refractivity contribution in [3.05, 3.63) is 28.6 Å². The van der Waals surface area contributed by atoms with Crippen LogP contribution in [-0.4, -0.2) is 44.0 Å². The lowest BCUT2D eigenvalue weighted by Gasteiger charge is -2.11. The van der Waals surface area contributed by atoms with Gasteiger partial charge in [-0.1, -0.05) is 24.8 Å². The first-order chi connectivity index (χ1) is 12.6. The molecule has 0 saturated carbocycles. The molecule has 1 amide bonds. The number of hydrogen-bond acceptors (Lipinski definition) is 7. The number of anilines is 1. The summed E-state index contributed by atoms with van der Waals surface area (Å²) in [6, 6.07) is 3.95. The zero-order valence-corrected chi connectivity index (χ0v) is 16.7. The summed E-state index contributed by atoms with van der Waals surface area (Å²) in [5, 5.41) is 14.2. The van der Waals surface area contributed by atoms with E-state index in [0.717, 1.165) is 27.8 Å². The third-order valence-electron chi connectivity index (χ3n) is 3.53. The summed E-state index contributed by atoms with van der Waals surface area (Å²) in [7, 11) is 0. The first-order valence-corrected chi connectivity index (χ1v) is 10.4. The van der Waals surface area contributed by atoms with E-state index in [0.29, 0.717) is 18.0 Å². The Kier molecular flexibility index (Phi) is 6.10. The molecule has 0 aliphatic rings. The summed E-state index contributed by atoms with van der Waals surface area (Å²) in [6.07, 6.45) is 1.78. The van der Waals surface area contributed by atoms with Crippen molar-refractivity contribution < 1.29 is 4.79 Å². The molecule has 0 unspecified atom stereocenters. The summed E-state index contributed by atoms with van der Waals surface area (Å²) in [6.45, 7) is 7.26. The first kappa shape index (κ1) is 18.7. The van der Waals surface area contributed by atoms with Crippen LogP contribution in [0, 0.1) is 0 Å². The molecule has 3 heterocycles. The topological polar surface area (TPSA) is 84.7 Å². The quantitative estimate of drug-likeness (QED) is 0.454. The highest BCUT2D eigenvalue weighted by atomic mass is 32.2. The second-order valence-corrected chi connectivity index (χ2v) is 8.10. The summed E-state index contributed by atoms with van der Waals surface area (Å²) >= 11 is 3.03. The summed E-state index contributed by atoms with van der Waals surface area (Å²) in [5.41, 5.74) is 0.782. The van der Waals surface area contributed by atoms with E-state index in [1.807, 2.05) is 22.2 Å². The van der Waals surface area contributed by atoms with Crippen LogP contribution >= 0.6 is 23.1 Å². The molecule has 3 rings (SSSR count). The predicted octanol–water partition coefficient (Wildman–Crippen LogP) is 3.25. The fraction of sp³-hybridized carbons (Fsp3) is 0.412. The predicted molar refractivity (Wildman–Crippen MR) is 107 cm³/mol. The molecule has 0 bridgehead atoms. The molecule has 0 aromatic carbocycles. The Labute approximate surface area is 160 Å². The average Bonchev–Trinajstić information content (AvgIpc) is 3.25. The Hall–Kier alpha value is -2.13. The van der Waals surface area contributed by atoms with Gasteiger partial charge in [0.2, 0.25) is 0 Å². The highest BCUT2D eigenvalue weighted by Crippen LogP contribution is 2.24. The average molecular weight is 391 g/mol. The first-order valence-electron chi connectivity index (χ1n) is 8.53. The number of nitrogens with one attached hydrogen (secondary N) is 2. The van der Waals surface area contributed by atoms with Gasteiger partial charge in [-0.05, 0) is 31.0 Å². The van der Waals surface area contributed by atoms with E-state index < -0.39 is 0 Å². The van der Waals surface area contributed by atoms with E-state index in [9.17, 15) is 4.79 Å². The minimum absolute atomic E-state index is 0.0597. The number of aromatic nitrogens is 4. The minimum Gasteiger partial charge on any atom is -0.367 e. The second-order valence-electron chi connectivity index (χ2n) is 5.93. The van der Waals surface area contributed by atoms with Crippen molar-refractivity contribution in [1.29, 1.82) is 0 Å². The molecule has 0 atom stereocenters. The largest absolute Gasteiger partial charge is 0.367 e. The molecule has 0 radical (unpaired) electrons. The van der Waals surface area contributed by atoms with Crippen molar-refractivity contribution in [3.8, 4) is 0 Å². The van der Waals surface area contributed by atoms with Crippen LogP contribution in [0.4, 0.5) is 5.82 Å². The highest BCUT2D eigenvalue weighted by molar-refractivity contribution is 7.99. The Morgan fingerprint density at radius 2 is 2.23 bits per heavy atom. The zero-order chi connectivity index (χ0) is 18.5. The summed E-state index contributed by atoms with van der Waals surface area (Å²) < 4.78 is 1.82. The van der Waals surface area contributed by atoms with Gasteiger partial charge in [-0.3, -0.25) is 4.79 Å². The number of thioether (sulfide) groups is 1. The van der Waals surface area contributed by atoms with E-state index in [1.54, 1.807) is 18.0 Å². The molecule has 7 nitrogen and oxygen atoms in total. The molecule has 0 saturated heterocycles. The Balaban J connectivity index is 1.77. The molecule has 3 aromatic rings. The van der Waals surface area contributed by atoms with E-state index in [1.165, 1.54) is 11.3 Å². The van der Waals surface area contributed by atoms with Gasteiger partial charge in [0.05, 0.1) is 23.0 Å². The molecule has 3 aromatic heterocycles. The lowest BCUT2D eigenvalue weighted by atomic mass is 10.3. The number of carbonyl (C=O) groups excluding carboxylic acids is 1. The second kappa shape index (κ2) is 8.50. The maximum absolute atomic E-state index is 12.0. The fourth-order valence-electron chi connectivity index (χ4n) is 2.45. The minimum atomic E-state index is -0.0597. The van der Waals surface area contributed by atoms with Gasteiger partial charge in [0.25, 0.3) is 5.91 Å². The van der Waals surface area contributed by atoms with Crippen molar-refractivity contribution in [1.82, 2.24) is 25.1 Å². The van der Waals surface area contributed by atoms with Crippen molar-refractivity contribution >= 4 is 45.9 Å². The molecule has 0 spiro atoms. The molecule has 9 heteroatoms. The van der Waals surface area contributed by atoms with Gasteiger partial charge < -0.3 is 10.6 Å². The van der Waals surface area contributed by atoms with Crippen LogP contribution in [0.1, 0.15) is 30.4 Å². The van der Waals surface area contributed by atoms with Gasteiger partial charge in [-0.25, -0.2) is 14.6 Å². The van der Waals surface area contributed by atoms with E-state index in [-0.39, 0.29) is 11.9 Å². The van der Waals surface area contributed by atoms with Gasteiger partial charge in [0.1, 0.15) is 5.82 Å². The van der Waals surface area contributed by atoms with E-state index in [2.05, 4.69) is 46.5 Å². The number of rotatable bonds is 8. The molecule has 0 aliphatic carbocycles. The lowest BCUT2D eigenvalue weighted by Crippen LogP contribution is -2.26. The van der Waals surface area contributed by atoms with E-state index >= 15 is 0 Å². The number of amides is 1. The molecule has 2 N–H and O–H groups in total. The van der Waals surface area contributed by atoms with Crippen molar-refractivity contribution in [2.45, 2.75) is 38.5 Å². The van der Waals surface area contributed by atoms with Crippen LogP contribution in [-0.2, 0) is 6.54 Å². The van der Waals surface area contributed by atoms with Crippen molar-refractivity contribution in [2.24, 2.45) is 0 Å². The zero-order valence-electron chi connectivity index (χ0n) is 15.0. The van der Waals surface area contributed by atoms with Crippen LogP contribution in [0.2, 0.25) is 0 Å². The number of hydrogen-bond donors (Lipinski definition) is 2. The van der Waals surface area contributed by atoms with Gasteiger partial charge >= 0.3 is 0 Å². The van der Waals surface area contributed by atoms with Gasteiger partial charge in [-0.15, -0.1) is 11.3 Å². The molecular formula is C17H22N6OS2. The summed E-state index contributed by atoms with van der Waals surface area (Å²) in [4.78, 5) is 22.0.